The molecule has 2 bridgehead atoms. The van der Waals surface area contributed by atoms with Gasteiger partial charge in [-0.3, -0.25) is 4.90 Å². The first kappa shape index (κ1) is 32.0. The number of halogens is 3. The number of aryl methyl sites for hydroxylation is 1. The molecule has 3 heterocycles. The molecule has 0 spiro atoms. The smallest absolute Gasteiger partial charge is 0.416 e. The van der Waals surface area contributed by atoms with Crippen LogP contribution in [0.3, 0.4) is 0 Å². The van der Waals surface area contributed by atoms with Crippen molar-refractivity contribution in [3.8, 4) is 5.75 Å². The fraction of sp³-hybridized carbons (Fsp3) is 0.324. The molecular weight excluding hydrogens is 578 g/mol. The number of aliphatic hydroxyl groups excluding tert-OH is 1. The number of hydrogen-bond acceptors (Lipinski definition) is 7. The molecule has 0 saturated carbocycles. The average Bonchev–Trinajstić information content (AvgIpc) is 3.58. The van der Waals surface area contributed by atoms with Crippen molar-refractivity contribution in [3.05, 3.63) is 107 Å². The van der Waals surface area contributed by atoms with Crippen LogP contribution in [0.25, 0.3) is 16.5 Å². The minimum Gasteiger partial charge on any atom is -0.497 e. The maximum absolute atomic E-state index is 13.5. The average molecular weight is 616 g/mol. The zero-order chi connectivity index (χ0) is 32.5. The Balaban J connectivity index is 1.64. The number of piperidine rings is 1. The molecule has 5 rings (SSSR count). The predicted molar refractivity (Wildman–Crippen MR) is 174 cm³/mol. The lowest BCUT2D eigenvalue weighted by Crippen LogP contribution is -2.41. The highest BCUT2D eigenvalue weighted by atomic mass is 19.4. The number of aromatic nitrogens is 1. The van der Waals surface area contributed by atoms with E-state index in [0.29, 0.717) is 17.0 Å². The topological polar surface area (TPSA) is 95.7 Å². The number of alkyl halides is 3. The van der Waals surface area contributed by atoms with Crippen LogP contribution in [0.1, 0.15) is 41.8 Å². The number of fused-ring (bicyclic) bond motifs is 3. The van der Waals surface area contributed by atoms with E-state index in [9.17, 15) is 18.3 Å². The second kappa shape index (κ2) is 12.9. The third-order valence-corrected chi connectivity index (χ3v) is 8.75. The molecule has 2 aromatic carbocycles. The highest BCUT2D eigenvalue weighted by molar-refractivity contribution is 6.17. The van der Waals surface area contributed by atoms with Crippen molar-refractivity contribution >= 4 is 30.0 Å². The molecule has 11 heteroatoms. The van der Waals surface area contributed by atoms with Gasteiger partial charge in [-0.1, -0.05) is 18.2 Å². The molecule has 7 nitrogen and oxygen atoms in total. The number of methoxy groups -OCH3 is 1. The molecule has 2 saturated heterocycles. The van der Waals surface area contributed by atoms with Gasteiger partial charge in [0.2, 0.25) is 5.88 Å². The van der Waals surface area contributed by atoms with Crippen molar-refractivity contribution in [2.45, 2.75) is 38.5 Å². The molecule has 0 aliphatic carbocycles. The Labute approximate surface area is 262 Å². The number of pyridine rings is 1. The number of nitrogens with one attached hydrogen (secondary N) is 2. The van der Waals surface area contributed by atoms with Crippen molar-refractivity contribution in [2.24, 2.45) is 17.6 Å². The summed E-state index contributed by atoms with van der Waals surface area (Å²) < 4.78 is 46.0. The Hall–Kier alpha value is -4.38. The predicted octanol–water partition coefficient (Wildman–Crippen LogP) is 6.55. The fourth-order valence-corrected chi connectivity index (χ4v) is 6.70. The third kappa shape index (κ3) is 6.54. The van der Waals surface area contributed by atoms with Crippen molar-refractivity contribution in [3.63, 3.8) is 0 Å². The van der Waals surface area contributed by atoms with Gasteiger partial charge in [0.05, 0.1) is 29.9 Å². The van der Waals surface area contributed by atoms with Crippen LogP contribution < -0.4 is 21.1 Å². The summed E-state index contributed by atoms with van der Waals surface area (Å²) in [5.74, 6) is 2.04. The van der Waals surface area contributed by atoms with E-state index in [1.807, 2.05) is 43.3 Å². The van der Waals surface area contributed by atoms with Gasteiger partial charge in [0.15, 0.2) is 5.82 Å². The largest absolute Gasteiger partial charge is 0.497 e. The SMILES string of the molecule is [B]C=CC(=CC)c1cc(C(NC(N)=C(O)Nc2cc(C)cc(C(F)(F)F)c2)C2C3CCN2CC3C=C)c2cc(OC)ccc2n1. The Kier molecular flexibility index (Phi) is 9.20. The van der Waals surface area contributed by atoms with Crippen LogP contribution >= 0.6 is 0 Å². The lowest BCUT2D eigenvalue weighted by atomic mass is 9.83. The zero-order valence-electron chi connectivity index (χ0n) is 25.5. The normalized spacial score (nSPS) is 22.8. The highest BCUT2D eigenvalue weighted by Gasteiger charge is 2.49. The molecule has 2 aliphatic rings. The summed E-state index contributed by atoms with van der Waals surface area (Å²) in [5.41, 5.74) is 9.23. The Bertz CT molecular complexity index is 1690. The molecule has 234 valence electrons. The van der Waals surface area contributed by atoms with Crippen LogP contribution in [-0.2, 0) is 6.18 Å². The minimum atomic E-state index is -4.54. The molecule has 3 aromatic rings. The molecular formula is C34H37BF3N5O2. The molecule has 2 aliphatic heterocycles. The van der Waals surface area contributed by atoms with Gasteiger partial charge in [0.1, 0.15) is 13.6 Å². The molecule has 5 N–H and O–H groups in total. The summed E-state index contributed by atoms with van der Waals surface area (Å²) in [5, 5.41) is 18.0. The second-order valence-electron chi connectivity index (χ2n) is 11.5. The number of hydrogen-bond donors (Lipinski definition) is 4. The van der Waals surface area contributed by atoms with E-state index in [1.165, 1.54) is 12.0 Å². The van der Waals surface area contributed by atoms with Gasteiger partial charge in [-0.05, 0) is 97.8 Å². The first-order chi connectivity index (χ1) is 21.5. The number of aliphatic hydroxyl groups is 1. The van der Waals surface area contributed by atoms with Crippen molar-refractivity contribution in [1.29, 1.82) is 0 Å². The van der Waals surface area contributed by atoms with Gasteiger partial charge in [0.25, 0.3) is 0 Å². The van der Waals surface area contributed by atoms with Crippen molar-refractivity contribution in [1.82, 2.24) is 15.2 Å². The lowest BCUT2D eigenvalue weighted by Gasteiger charge is -2.32. The van der Waals surface area contributed by atoms with E-state index in [4.69, 9.17) is 23.3 Å². The quantitative estimate of drug-likeness (QED) is 0.0890. The van der Waals surface area contributed by atoms with Crippen LogP contribution in [0.5, 0.6) is 5.75 Å². The zero-order valence-corrected chi connectivity index (χ0v) is 25.5. The summed E-state index contributed by atoms with van der Waals surface area (Å²) in [4.78, 5) is 7.31. The number of nitrogens with two attached hydrogens (primary N) is 1. The first-order valence-corrected chi connectivity index (χ1v) is 14.8. The molecule has 5 unspecified atom stereocenters. The molecule has 2 fully saturated rings. The number of allylic oxidation sites excluding steroid dienone is 3. The minimum absolute atomic E-state index is 0.0288. The fourth-order valence-electron chi connectivity index (χ4n) is 6.70. The number of nitrogens with zero attached hydrogens (tertiary/aromatic N) is 2. The lowest BCUT2D eigenvalue weighted by molar-refractivity contribution is -0.137. The van der Waals surface area contributed by atoms with Gasteiger partial charge >= 0.3 is 6.18 Å². The molecule has 45 heavy (non-hydrogen) atoms. The van der Waals surface area contributed by atoms with E-state index in [0.717, 1.165) is 53.7 Å². The van der Waals surface area contributed by atoms with Gasteiger partial charge in [0, 0.05) is 23.7 Å². The van der Waals surface area contributed by atoms with E-state index in [2.05, 4.69) is 22.1 Å². The van der Waals surface area contributed by atoms with E-state index in [-0.39, 0.29) is 29.4 Å². The van der Waals surface area contributed by atoms with Crippen molar-refractivity contribution < 1.29 is 23.0 Å². The maximum Gasteiger partial charge on any atom is 0.416 e. The molecule has 1 aromatic heterocycles. The highest BCUT2D eigenvalue weighted by Crippen LogP contribution is 2.46. The molecule has 0 amide bonds. The monoisotopic (exact) mass is 615 g/mol. The first-order valence-electron chi connectivity index (χ1n) is 14.8. The van der Waals surface area contributed by atoms with Crippen LogP contribution in [0.2, 0.25) is 0 Å². The summed E-state index contributed by atoms with van der Waals surface area (Å²) in [6, 6.07) is 10.7. The standard InChI is InChI=1S/C34H37BF3N5O2/c1-5-20(9-11-35)29-17-27(26-16-24(45-4)7-8-28(26)41-29)30(31-25-10-12-43(31)18-21(25)6-2)42-32(39)33(44)40-23-14-19(3)13-22(15-23)34(36,37)38/h5-9,11,13-17,21,25,30-31,40,42,44H,2,10,12,18,39H2,1,3-4H3. The van der Waals surface area contributed by atoms with E-state index in [1.54, 1.807) is 20.1 Å². The Morgan fingerprint density at radius 2 is 2.02 bits per heavy atom. The van der Waals surface area contributed by atoms with Crippen LogP contribution in [0, 0.1) is 18.8 Å². The van der Waals surface area contributed by atoms with Crippen LogP contribution in [0.15, 0.2) is 85.0 Å². The Morgan fingerprint density at radius 1 is 1.24 bits per heavy atom. The summed E-state index contributed by atoms with van der Waals surface area (Å²) in [6.45, 7) is 9.26. The molecule has 5 atom stereocenters. The van der Waals surface area contributed by atoms with E-state index < -0.39 is 23.7 Å². The third-order valence-electron chi connectivity index (χ3n) is 8.75. The van der Waals surface area contributed by atoms with Gasteiger partial charge in [-0.15, -0.1) is 12.6 Å². The number of rotatable bonds is 10. The maximum atomic E-state index is 13.5. The van der Waals surface area contributed by atoms with Gasteiger partial charge in [-0.25, -0.2) is 4.98 Å². The van der Waals surface area contributed by atoms with Gasteiger partial charge in [-0.2, -0.15) is 13.2 Å². The summed E-state index contributed by atoms with van der Waals surface area (Å²) in [6.07, 6.45) is 2.12. The van der Waals surface area contributed by atoms with Crippen molar-refractivity contribution in [2.75, 3.05) is 25.5 Å². The van der Waals surface area contributed by atoms with E-state index >= 15 is 0 Å². The number of ether oxygens (including phenoxy) is 1. The number of benzene rings is 2. The molecule has 2 radical (unpaired) electrons. The van der Waals surface area contributed by atoms with Gasteiger partial charge < -0.3 is 26.2 Å². The Morgan fingerprint density at radius 3 is 2.67 bits per heavy atom. The van der Waals surface area contributed by atoms with Crippen LogP contribution in [0.4, 0.5) is 18.9 Å². The second-order valence-corrected chi connectivity index (χ2v) is 11.5. The number of anilines is 1. The van der Waals surface area contributed by atoms with Crippen LogP contribution in [-0.4, -0.2) is 49.1 Å². The summed E-state index contributed by atoms with van der Waals surface area (Å²) >= 11 is 0. The summed E-state index contributed by atoms with van der Waals surface area (Å²) in [7, 11) is 7.35.